The zero-order valence-electron chi connectivity index (χ0n) is 56.8. The van der Waals surface area contributed by atoms with Crippen LogP contribution in [0.1, 0.15) is 157 Å². The van der Waals surface area contributed by atoms with Gasteiger partial charge in [-0.15, -0.1) is 0 Å². The van der Waals surface area contributed by atoms with E-state index < -0.39 is 47.1 Å². The van der Waals surface area contributed by atoms with Crippen LogP contribution in [-0.4, -0.2) is 89.9 Å². The van der Waals surface area contributed by atoms with Gasteiger partial charge in [0.15, 0.2) is 0 Å². The summed E-state index contributed by atoms with van der Waals surface area (Å²) >= 11 is 18.9. The lowest BCUT2D eigenvalue weighted by Gasteiger charge is -2.63. The van der Waals surface area contributed by atoms with E-state index in [9.17, 15) is 29.4 Å². The van der Waals surface area contributed by atoms with Crippen molar-refractivity contribution in [2.45, 2.75) is 183 Å². The van der Waals surface area contributed by atoms with Crippen molar-refractivity contribution in [3.05, 3.63) is 71.8 Å². The third kappa shape index (κ3) is 27.3. The van der Waals surface area contributed by atoms with Gasteiger partial charge in [-0.25, -0.2) is 9.59 Å². The van der Waals surface area contributed by atoms with Crippen molar-refractivity contribution in [3.8, 4) is 0 Å². The summed E-state index contributed by atoms with van der Waals surface area (Å²) in [6.07, 6.45) is 7.93. The molecule has 3 N–H and O–H groups in total. The molecule has 0 amide bonds. The molecule has 2 aromatic rings. The molecule has 6 fully saturated rings. The molecule has 101 heavy (non-hydrogen) atoms. The summed E-state index contributed by atoms with van der Waals surface area (Å²) in [6, 6.07) is 20.0. The van der Waals surface area contributed by atoms with Crippen LogP contribution in [0.4, 0.5) is 0 Å². The lowest BCUT2D eigenvalue weighted by Crippen LogP contribution is -2.64. The Morgan fingerprint density at radius 1 is 0.525 bits per heavy atom. The molecule has 2 aromatic carbocycles. The molecule has 6 aliphatic rings. The molecule has 0 saturated heterocycles. The van der Waals surface area contributed by atoms with Crippen molar-refractivity contribution in [1.82, 2.24) is 0 Å². The lowest BCUT2D eigenvalue weighted by atomic mass is 9.43. The normalized spacial score (nSPS) is 30.8. The average molecular weight is 1930 g/mol. The Morgan fingerprint density at radius 3 is 1.37 bits per heavy atom. The van der Waals surface area contributed by atoms with Crippen LogP contribution >= 0.6 is 0 Å². The molecule has 0 radical (unpaired) electrons. The molecular weight excluding hydrogens is 1840 g/mol. The predicted octanol–water partition coefficient (Wildman–Crippen LogP) is 9.93. The summed E-state index contributed by atoms with van der Waals surface area (Å²) in [5.41, 5.74) is -0.274. The fraction of sp³-hybridized carbons (Fsp3) is 0.733. The molecule has 16 atom stereocenters. The number of Topliss-reactive ketones (excluding diaryl/α,β-unsaturated/α-hetero) is 2. The van der Waals surface area contributed by atoms with Crippen molar-refractivity contribution in [2.24, 2.45) is 68.0 Å². The van der Waals surface area contributed by atoms with Crippen LogP contribution in [0.15, 0.2) is 60.7 Å². The van der Waals surface area contributed by atoms with Gasteiger partial charge >= 0.3 is 11.9 Å². The summed E-state index contributed by atoms with van der Waals surface area (Å²) in [4.78, 5) is 52.1. The third-order valence-electron chi connectivity index (χ3n) is 21.6. The number of hydrogen-bond acceptors (Lipinski definition) is 16. The number of hydrogen-bond donors (Lipinski definition) is 3. The third-order valence-corrected chi connectivity index (χ3v) is 72.7. The fourth-order valence-corrected chi connectivity index (χ4v) is 74.2. The highest BCUT2D eigenvalue weighted by Crippen LogP contribution is 2.70. The summed E-state index contributed by atoms with van der Waals surface area (Å²) in [7, 11) is 41.6. The van der Waals surface area contributed by atoms with Crippen LogP contribution < -0.4 is 0 Å². The lowest BCUT2D eigenvalue weighted by molar-refractivity contribution is -0.236. The second-order valence-corrected chi connectivity index (χ2v) is 70.1. The Balaban J connectivity index is 0.000000274. The Labute approximate surface area is 688 Å². The summed E-state index contributed by atoms with van der Waals surface area (Å²) < 4.78 is 30.4. The molecule has 0 spiro atoms. The molecule has 12 nitrogen and oxygen atoms in total. The van der Waals surface area contributed by atoms with Crippen LogP contribution in [0.3, 0.4) is 0 Å². The number of carbonyl (C=O) groups excluding carboxylic acids is 4. The first-order valence-electron chi connectivity index (χ1n) is 32.0. The molecule has 0 aromatic heterocycles. The maximum absolute atomic E-state index is 14.0. The molecule has 2 unspecified atom stereocenters. The first-order valence-corrected chi connectivity index (χ1v) is 68.0. The summed E-state index contributed by atoms with van der Waals surface area (Å²) in [6.45, 7) is 19.8. The standard InChI is InChI=1S/C38H52O6.C22H36O6.S15.S14/c1-6-30-18-20-38-21-19-31(39)34(38)37(30,5)32(44-33(40)25-41-23-28-14-10-8-11-15-28)22-36(4,7-2)35(27(38)3)43-26-42-24-29-16-12-9-13-17-29;1-5-20(3)10-16(25)21(4)14(12-28-17(26)11-23)6-8-22(13(2)19(20)27)9-7-15(24)18(21)22;1-3-5-7-9-11-13-15-14-12-10-8-6-4-2;1-3-5-7-9-11-13-14-12-10-8-6-4-2/h8-17,27,30,32,34-35H,6-7,18-26H2,1-5H3;13-14,16,18-19,23,25,27H,5-12H2,1-4H3;;/t27-,30+,32+,34?,35-,36-,37-,38-;13-,14-,16+,18?,19-,20-,21-,22-;;/m00../s1. The van der Waals surface area contributed by atoms with Gasteiger partial charge in [0.1, 0.15) is 37.7 Å². The molecule has 8 rings (SSSR count). The second-order valence-electron chi connectivity index (χ2n) is 25.9. The van der Waals surface area contributed by atoms with E-state index in [0.29, 0.717) is 50.6 Å². The van der Waals surface area contributed by atoms with E-state index >= 15 is 0 Å². The molecule has 41 heteroatoms. The van der Waals surface area contributed by atoms with E-state index in [1.54, 1.807) is 186 Å². The van der Waals surface area contributed by atoms with Crippen LogP contribution in [-0.2, 0) is 323 Å². The number of esters is 2. The fourth-order valence-electron chi connectivity index (χ4n) is 16.6. The highest BCUT2D eigenvalue weighted by atomic mass is 33.5. The van der Waals surface area contributed by atoms with Gasteiger partial charge in [0.25, 0.3) is 0 Å². The zero-order chi connectivity index (χ0) is 74.0. The summed E-state index contributed by atoms with van der Waals surface area (Å²) in [5.74, 6) is -0.782. The molecular formula is C60H88O12S29. The first-order chi connectivity index (χ1) is 48.6. The van der Waals surface area contributed by atoms with Gasteiger partial charge in [0, 0.05) is 308 Å². The Kier molecular flexibility index (Phi) is 46.9. The number of aliphatic hydroxyl groups is 3. The smallest absolute Gasteiger partial charge is 0.332 e. The van der Waals surface area contributed by atoms with E-state index in [2.05, 4.69) is 53.7 Å². The maximum atomic E-state index is 14.0. The monoisotopic (exact) mass is 1930 g/mol. The van der Waals surface area contributed by atoms with Gasteiger partial charge in [-0.05, 0) is 115 Å². The van der Waals surface area contributed by atoms with Crippen molar-refractivity contribution < 1.29 is 58.2 Å². The average Bonchev–Trinajstić information content (AvgIpc) is 1.66. The molecule has 6 aliphatic carbocycles. The number of carbonyl (C=O) groups is 4. The first kappa shape index (κ1) is 94.5. The largest absolute Gasteiger partial charge is 0.464 e. The number of rotatable bonds is 16. The second kappa shape index (κ2) is 50.2. The van der Waals surface area contributed by atoms with Crippen LogP contribution in [0, 0.1) is 68.0 Å². The van der Waals surface area contributed by atoms with Crippen LogP contribution in [0.2, 0.25) is 0 Å². The Morgan fingerprint density at radius 2 is 0.941 bits per heavy atom. The number of benzene rings is 2. The van der Waals surface area contributed by atoms with E-state index in [0.717, 1.165) is 68.9 Å². The SMILES string of the molecule is CC[C@@H]1CC[C@@]23CCC(=O)C2[C@]1(C)[C@H](OC(=O)COCc1ccccc1)C[C@](C)(CC)[C@@H](OCOCc1ccccc1)[C@@H]3C.CC[C@@]1(C)C[C@@H](O)[C@@]2(C)C3C(=O)CC[C@@]3(CC[C@H]2COC(=O)CO)[C@@H](C)[C@@H]1O.S=S=S=S=S=S=S=S=S=S=S=S=S=S.S=S=S=S=S=S=S=S=S=S=S=S=S=S=S. The topological polar surface area (TPSA) is 175 Å². The highest BCUT2D eigenvalue weighted by molar-refractivity contribution is 8.77. The molecule has 0 aliphatic heterocycles. The highest BCUT2D eigenvalue weighted by Gasteiger charge is 2.70. The van der Waals surface area contributed by atoms with Gasteiger partial charge in [-0.3, -0.25) is 9.59 Å². The van der Waals surface area contributed by atoms with Crippen molar-refractivity contribution in [3.63, 3.8) is 0 Å². The zero-order valence-corrected chi connectivity index (χ0v) is 80.5. The quantitative estimate of drug-likeness (QED) is 0.0822. The molecule has 0 heterocycles. The minimum Gasteiger partial charge on any atom is -0.464 e. The number of ketones is 2. The predicted molar refractivity (Wildman–Crippen MR) is 487 cm³/mol. The van der Waals surface area contributed by atoms with Gasteiger partial charge in [0.05, 0.1) is 38.1 Å². The van der Waals surface area contributed by atoms with Gasteiger partial charge < -0.3 is 39.0 Å². The minimum atomic E-state index is -0.774. The number of aliphatic hydroxyl groups excluding tert-OH is 3. The van der Waals surface area contributed by atoms with Crippen LogP contribution in [0.25, 0.3) is 0 Å². The molecule has 6 saturated carbocycles. The number of ether oxygens (including phenoxy) is 5. The van der Waals surface area contributed by atoms with Gasteiger partial charge in [-0.1, -0.05) is 129 Å². The Bertz CT molecular complexity index is 4260. The van der Waals surface area contributed by atoms with Crippen molar-refractivity contribution in [1.29, 1.82) is 0 Å². The van der Waals surface area contributed by atoms with Gasteiger partial charge in [0.2, 0.25) is 0 Å². The minimum absolute atomic E-state index is 0.0401. The van der Waals surface area contributed by atoms with Crippen molar-refractivity contribution in [2.75, 3.05) is 26.6 Å². The van der Waals surface area contributed by atoms with E-state index in [4.69, 9.17) is 73.5 Å². The van der Waals surface area contributed by atoms with E-state index in [1.165, 1.54) is 35.5 Å². The Hall–Kier alpha value is 2.86. The van der Waals surface area contributed by atoms with Crippen LogP contribution in [0.5, 0.6) is 0 Å². The maximum Gasteiger partial charge on any atom is 0.332 e. The molecule has 574 valence electrons. The van der Waals surface area contributed by atoms with Crippen molar-refractivity contribution >= 4 is 290 Å². The van der Waals surface area contributed by atoms with E-state index in [-0.39, 0.29) is 83.7 Å². The van der Waals surface area contributed by atoms with Gasteiger partial charge in [-0.2, -0.15) is 0 Å². The molecule has 4 bridgehead atoms. The van der Waals surface area contributed by atoms with E-state index in [1.807, 2.05) is 69.3 Å². The summed E-state index contributed by atoms with van der Waals surface area (Å²) in [5, 5.41) is 31.7.